The second-order valence-electron chi connectivity index (χ2n) is 5.01. The number of hydrogen-bond acceptors (Lipinski definition) is 1. The fraction of sp³-hybridized carbons (Fsp3) is 0.800. The summed E-state index contributed by atoms with van der Waals surface area (Å²) >= 11 is 0. The third-order valence-electron chi connectivity index (χ3n) is 2.89. The van der Waals surface area contributed by atoms with E-state index in [4.69, 9.17) is 0 Å². The summed E-state index contributed by atoms with van der Waals surface area (Å²) in [5.41, 5.74) is 3.40. The van der Waals surface area contributed by atoms with Crippen molar-refractivity contribution in [3.05, 3.63) is 11.7 Å². The molecule has 0 aromatic rings. The van der Waals surface area contributed by atoms with Crippen molar-refractivity contribution in [2.75, 3.05) is 0 Å². The Balaban J connectivity index is 6.66. The molecule has 0 spiro atoms. The van der Waals surface area contributed by atoms with Crippen LogP contribution < -0.4 is 5.73 Å². The maximum absolute atomic E-state index is 13.1. The third-order valence-corrected chi connectivity index (χ3v) is 2.89. The minimum Gasteiger partial charge on any atom is -0.266 e. The van der Waals surface area contributed by atoms with Gasteiger partial charge in [0.2, 0.25) is 11.7 Å². The van der Waals surface area contributed by atoms with Crippen LogP contribution in [0.3, 0.4) is 0 Å². The number of allylic oxidation sites excluding steroid dienone is 1. The van der Waals surface area contributed by atoms with Crippen molar-refractivity contribution in [3.8, 4) is 0 Å². The van der Waals surface area contributed by atoms with Crippen LogP contribution in [0.2, 0.25) is 0 Å². The Kier molecular flexibility index (Phi) is 5.97. The van der Waals surface area contributed by atoms with Gasteiger partial charge in [-0.3, -0.25) is 5.73 Å². The molecule has 0 aliphatic heterocycles. The first-order valence-corrected chi connectivity index (χ1v) is 5.81. The van der Waals surface area contributed by atoms with Crippen molar-refractivity contribution in [1.82, 2.24) is 0 Å². The van der Waals surface area contributed by atoms with Gasteiger partial charge in [-0.15, -0.1) is 0 Å². The van der Waals surface area contributed by atoms with E-state index in [2.05, 4.69) is 5.73 Å². The van der Waals surface area contributed by atoms with Crippen molar-refractivity contribution >= 4 is 0 Å². The fourth-order valence-electron chi connectivity index (χ4n) is 1.29. The average Bonchev–Trinajstić information content (AvgIpc) is 2.42. The van der Waals surface area contributed by atoms with Crippen LogP contribution in [0, 0.1) is 0 Å². The van der Waals surface area contributed by atoms with E-state index in [1.807, 2.05) is 0 Å². The summed E-state index contributed by atoms with van der Waals surface area (Å²) in [4.78, 5) is 0. The summed E-state index contributed by atoms with van der Waals surface area (Å²) in [6.45, 7) is -1.18. The summed E-state index contributed by atoms with van der Waals surface area (Å²) in [7, 11) is 0. The minimum atomic E-state index is -8.21. The van der Waals surface area contributed by atoms with Gasteiger partial charge >= 0.3 is 41.6 Å². The Bertz CT molecular complexity index is 591. The lowest BCUT2D eigenvalue weighted by molar-refractivity contribution is -0.420. The van der Waals surface area contributed by atoms with E-state index in [0.29, 0.717) is 0 Å². The molecular formula is C10H5F16N. The first kappa shape index (κ1) is 25.6. The fourth-order valence-corrected chi connectivity index (χ4v) is 1.29. The van der Waals surface area contributed by atoms with E-state index >= 15 is 0 Å². The van der Waals surface area contributed by atoms with Crippen LogP contribution in [-0.4, -0.2) is 41.6 Å². The highest BCUT2D eigenvalue weighted by Gasteiger charge is 2.90. The van der Waals surface area contributed by atoms with E-state index in [1.165, 1.54) is 0 Å². The minimum absolute atomic E-state index is 1.18. The van der Waals surface area contributed by atoms with Gasteiger partial charge in [-0.1, -0.05) is 0 Å². The second kappa shape index (κ2) is 6.30. The maximum Gasteiger partial charge on any atom is 0.385 e. The SMILES string of the molecule is CC(F)(F)C(F)(F)C(F)(F)C(F)(F)C(F)(F)C(F)(F)C(F)=C(F)C(N)(F)F. The van der Waals surface area contributed by atoms with Crippen LogP contribution in [0.4, 0.5) is 70.2 Å². The number of nitrogens with two attached hydrogens (primary N) is 1. The largest absolute Gasteiger partial charge is 0.385 e. The summed E-state index contributed by atoms with van der Waals surface area (Å²) in [5, 5.41) is 0. The van der Waals surface area contributed by atoms with Gasteiger partial charge < -0.3 is 0 Å². The summed E-state index contributed by atoms with van der Waals surface area (Å²) in [6, 6.07) is -5.85. The lowest BCUT2D eigenvalue weighted by atomic mass is 9.91. The molecule has 17 heteroatoms. The first-order valence-electron chi connectivity index (χ1n) is 5.81. The number of rotatable bonds is 7. The summed E-state index contributed by atoms with van der Waals surface area (Å²) < 4.78 is 204. The lowest BCUT2D eigenvalue weighted by Crippen LogP contribution is -2.70. The number of hydrogen-bond donors (Lipinski definition) is 1. The van der Waals surface area contributed by atoms with Gasteiger partial charge in [-0.2, -0.15) is 61.5 Å². The predicted molar refractivity (Wildman–Crippen MR) is 53.7 cm³/mol. The summed E-state index contributed by atoms with van der Waals surface area (Å²) in [5.74, 6) is -54.8. The molecule has 0 aliphatic carbocycles. The Morgan fingerprint density at radius 2 is 0.815 bits per heavy atom. The molecule has 0 rings (SSSR count). The van der Waals surface area contributed by atoms with Gasteiger partial charge in [-0.05, 0) is 0 Å². The molecule has 0 heterocycles. The lowest BCUT2D eigenvalue weighted by Gasteiger charge is -2.40. The zero-order chi connectivity index (χ0) is 22.7. The molecule has 1 nitrogen and oxygen atoms in total. The molecule has 0 bridgehead atoms. The van der Waals surface area contributed by atoms with Gasteiger partial charge in [0.05, 0.1) is 0 Å². The zero-order valence-corrected chi connectivity index (χ0v) is 12.1. The highest BCUT2D eigenvalue weighted by molar-refractivity contribution is 5.23. The van der Waals surface area contributed by atoms with Gasteiger partial charge in [-0.25, -0.2) is 8.78 Å². The Labute approximate surface area is 137 Å². The Morgan fingerprint density at radius 3 is 1.07 bits per heavy atom. The molecule has 0 amide bonds. The zero-order valence-electron chi connectivity index (χ0n) is 12.1. The van der Waals surface area contributed by atoms with Gasteiger partial charge in [0.25, 0.3) is 0 Å². The molecule has 27 heavy (non-hydrogen) atoms. The molecule has 0 aromatic carbocycles. The van der Waals surface area contributed by atoms with Crippen LogP contribution in [0.1, 0.15) is 6.92 Å². The smallest absolute Gasteiger partial charge is 0.266 e. The van der Waals surface area contributed by atoms with Gasteiger partial charge in [0, 0.05) is 6.92 Å². The molecular weight excluding hydrogens is 438 g/mol. The van der Waals surface area contributed by atoms with Gasteiger partial charge in [0.15, 0.2) is 0 Å². The first-order chi connectivity index (χ1) is 11.3. The topological polar surface area (TPSA) is 26.0 Å². The second-order valence-corrected chi connectivity index (χ2v) is 5.01. The number of halogens is 16. The van der Waals surface area contributed by atoms with E-state index in [0.717, 1.165) is 0 Å². The van der Waals surface area contributed by atoms with Crippen LogP contribution in [0.25, 0.3) is 0 Å². The van der Waals surface area contributed by atoms with Crippen LogP contribution in [-0.2, 0) is 0 Å². The van der Waals surface area contributed by atoms with E-state index in [1.54, 1.807) is 0 Å². The van der Waals surface area contributed by atoms with Crippen molar-refractivity contribution < 1.29 is 70.2 Å². The molecule has 0 aromatic heterocycles. The standard InChI is InChI=1S/C10H5F16N/c1-4(13,14)7(19,20)9(23,24)10(25,26)8(21,22)5(15,16)2(11)3(12)6(17,18)27/h27H2,1H3. The van der Waals surface area contributed by atoms with Crippen LogP contribution in [0.15, 0.2) is 11.7 Å². The van der Waals surface area contributed by atoms with Crippen LogP contribution in [0.5, 0.6) is 0 Å². The Hall–Kier alpha value is -1.42. The number of alkyl halides is 14. The van der Waals surface area contributed by atoms with Crippen molar-refractivity contribution in [2.45, 2.75) is 48.5 Å². The van der Waals surface area contributed by atoms with Crippen molar-refractivity contribution in [1.29, 1.82) is 0 Å². The van der Waals surface area contributed by atoms with E-state index in [-0.39, 0.29) is 0 Å². The molecule has 0 aliphatic rings. The highest BCUT2D eigenvalue weighted by atomic mass is 19.4. The summed E-state index contributed by atoms with van der Waals surface area (Å²) in [6.07, 6.45) is 0. The third kappa shape index (κ3) is 3.53. The molecule has 0 atom stereocenters. The monoisotopic (exact) mass is 443 g/mol. The van der Waals surface area contributed by atoms with Gasteiger partial charge in [0.1, 0.15) is 0 Å². The average molecular weight is 443 g/mol. The molecule has 0 saturated carbocycles. The molecule has 162 valence electrons. The molecule has 0 fully saturated rings. The predicted octanol–water partition coefficient (Wildman–Crippen LogP) is 5.52. The quantitative estimate of drug-likeness (QED) is 0.407. The van der Waals surface area contributed by atoms with E-state index in [9.17, 15) is 70.2 Å². The maximum atomic E-state index is 13.1. The highest BCUT2D eigenvalue weighted by Crippen LogP contribution is 2.61. The van der Waals surface area contributed by atoms with Crippen LogP contribution >= 0.6 is 0 Å². The van der Waals surface area contributed by atoms with Crippen molar-refractivity contribution in [3.63, 3.8) is 0 Å². The molecule has 0 unspecified atom stereocenters. The molecule has 2 N–H and O–H groups in total. The molecule has 0 radical (unpaired) electrons. The Morgan fingerprint density at radius 1 is 0.519 bits per heavy atom. The van der Waals surface area contributed by atoms with Crippen molar-refractivity contribution in [2.24, 2.45) is 5.73 Å². The van der Waals surface area contributed by atoms with E-state index < -0.39 is 60.2 Å². The normalized spacial score (nSPS) is 17.1. The molecule has 0 saturated heterocycles.